The van der Waals surface area contributed by atoms with Crippen molar-refractivity contribution in [2.24, 2.45) is 0 Å². The van der Waals surface area contributed by atoms with Gasteiger partial charge in [-0.1, -0.05) is 6.07 Å². The van der Waals surface area contributed by atoms with Crippen molar-refractivity contribution < 1.29 is 33.6 Å². The fourth-order valence-corrected chi connectivity index (χ4v) is 2.47. The molecule has 0 aliphatic carbocycles. The third-order valence-electron chi connectivity index (χ3n) is 3.78. The maximum absolute atomic E-state index is 11.9. The van der Waals surface area contributed by atoms with E-state index in [1.54, 1.807) is 50.4 Å². The van der Waals surface area contributed by atoms with Crippen LogP contribution in [0.4, 0.5) is 0 Å². The molecule has 0 saturated carbocycles. The molecule has 2 aromatic carbocycles. The number of benzene rings is 2. The Morgan fingerprint density at radius 2 is 1.71 bits per heavy atom. The van der Waals surface area contributed by atoms with Gasteiger partial charge in [-0.05, 0) is 48.9 Å². The predicted molar refractivity (Wildman–Crippen MR) is 103 cm³/mol. The minimum absolute atomic E-state index is 0.160. The molecule has 0 aliphatic heterocycles. The first-order chi connectivity index (χ1) is 13.5. The topological polar surface area (TPSA) is 91.3 Å². The minimum Gasteiger partial charge on any atom is -0.496 e. The van der Waals surface area contributed by atoms with Crippen LogP contribution in [0, 0.1) is 0 Å². The Balaban J connectivity index is 2.21. The van der Waals surface area contributed by atoms with Crippen molar-refractivity contribution in [3.8, 4) is 17.2 Å². The average molecular weight is 386 g/mol. The minimum atomic E-state index is -1.03. The van der Waals surface area contributed by atoms with Crippen molar-refractivity contribution >= 4 is 18.0 Å². The maximum Gasteiger partial charge on any atom is 0.338 e. The van der Waals surface area contributed by atoms with Gasteiger partial charge in [0.25, 0.3) is 0 Å². The molecular weight excluding hydrogens is 364 g/mol. The second kappa shape index (κ2) is 10.0. The molecule has 2 aromatic rings. The third kappa shape index (κ3) is 5.51. The highest BCUT2D eigenvalue weighted by Gasteiger charge is 2.13. The van der Waals surface area contributed by atoms with Crippen LogP contribution in [0.25, 0.3) is 6.08 Å². The SMILES string of the molecule is CCOC(=O)c1ccc(OCc2cc(C=CC(=O)O)ccc2OC)c(OC)c1. The summed E-state index contributed by atoms with van der Waals surface area (Å²) in [7, 11) is 3.02. The Morgan fingerprint density at radius 1 is 1.00 bits per heavy atom. The number of carboxylic acids is 1. The second-order valence-electron chi connectivity index (χ2n) is 5.62. The van der Waals surface area contributed by atoms with E-state index < -0.39 is 11.9 Å². The number of rotatable bonds is 9. The van der Waals surface area contributed by atoms with Crippen LogP contribution in [0.5, 0.6) is 17.2 Å². The van der Waals surface area contributed by atoms with E-state index in [1.807, 2.05) is 0 Å². The summed E-state index contributed by atoms with van der Waals surface area (Å²) in [5.41, 5.74) is 1.79. The summed E-state index contributed by atoms with van der Waals surface area (Å²) < 4.78 is 21.5. The predicted octanol–water partition coefficient (Wildman–Crippen LogP) is 3.56. The summed E-state index contributed by atoms with van der Waals surface area (Å²) in [4.78, 5) is 22.5. The molecule has 7 heteroatoms. The lowest BCUT2D eigenvalue weighted by Gasteiger charge is -2.14. The zero-order valence-corrected chi connectivity index (χ0v) is 15.9. The van der Waals surface area contributed by atoms with E-state index in [9.17, 15) is 9.59 Å². The maximum atomic E-state index is 11.9. The zero-order chi connectivity index (χ0) is 20.5. The first-order valence-electron chi connectivity index (χ1n) is 8.54. The lowest BCUT2D eigenvalue weighted by Crippen LogP contribution is -2.06. The quantitative estimate of drug-likeness (QED) is 0.520. The molecule has 0 radical (unpaired) electrons. The van der Waals surface area contributed by atoms with Crippen molar-refractivity contribution in [1.29, 1.82) is 0 Å². The van der Waals surface area contributed by atoms with Crippen molar-refractivity contribution in [3.63, 3.8) is 0 Å². The van der Waals surface area contributed by atoms with E-state index in [-0.39, 0.29) is 13.2 Å². The van der Waals surface area contributed by atoms with Crippen molar-refractivity contribution in [1.82, 2.24) is 0 Å². The van der Waals surface area contributed by atoms with Gasteiger partial charge in [-0.3, -0.25) is 0 Å². The van der Waals surface area contributed by atoms with Crippen molar-refractivity contribution in [2.75, 3.05) is 20.8 Å². The molecule has 7 nitrogen and oxygen atoms in total. The summed E-state index contributed by atoms with van der Waals surface area (Å²) in [6.45, 7) is 2.18. The van der Waals surface area contributed by atoms with E-state index in [2.05, 4.69) is 0 Å². The Morgan fingerprint density at radius 3 is 2.36 bits per heavy atom. The fraction of sp³-hybridized carbons (Fsp3) is 0.238. The molecule has 2 rings (SSSR count). The molecular formula is C21H22O7. The zero-order valence-electron chi connectivity index (χ0n) is 15.9. The van der Waals surface area contributed by atoms with Crippen LogP contribution < -0.4 is 14.2 Å². The molecule has 0 aliphatic rings. The Labute approximate surface area is 163 Å². The fourth-order valence-electron chi connectivity index (χ4n) is 2.47. The second-order valence-corrected chi connectivity index (χ2v) is 5.62. The summed E-state index contributed by atoms with van der Waals surface area (Å²) in [6.07, 6.45) is 2.55. The third-order valence-corrected chi connectivity index (χ3v) is 3.78. The number of aliphatic carboxylic acids is 1. The first kappa shape index (κ1) is 20.8. The summed E-state index contributed by atoms with van der Waals surface area (Å²) >= 11 is 0. The van der Waals surface area contributed by atoms with Gasteiger partial charge in [0.1, 0.15) is 12.4 Å². The molecule has 0 fully saturated rings. The number of carboxylic acid groups (broad SMARTS) is 1. The summed E-state index contributed by atoms with van der Waals surface area (Å²) in [6, 6.07) is 10.0. The lowest BCUT2D eigenvalue weighted by molar-refractivity contribution is -0.131. The molecule has 148 valence electrons. The smallest absolute Gasteiger partial charge is 0.338 e. The molecule has 0 saturated heterocycles. The summed E-state index contributed by atoms with van der Waals surface area (Å²) in [5.74, 6) is -0.0166. The van der Waals surface area contributed by atoms with E-state index in [1.165, 1.54) is 13.2 Å². The largest absolute Gasteiger partial charge is 0.496 e. The number of hydrogen-bond donors (Lipinski definition) is 1. The van der Waals surface area contributed by atoms with E-state index in [0.717, 1.165) is 11.6 Å². The number of ether oxygens (including phenoxy) is 4. The number of esters is 1. The first-order valence-corrected chi connectivity index (χ1v) is 8.54. The average Bonchev–Trinajstić information content (AvgIpc) is 2.70. The van der Waals surface area contributed by atoms with Gasteiger partial charge >= 0.3 is 11.9 Å². The van der Waals surface area contributed by atoms with Crippen LogP contribution in [-0.2, 0) is 16.1 Å². The molecule has 1 N–H and O–H groups in total. The van der Waals surface area contributed by atoms with Gasteiger partial charge in [0.05, 0.1) is 26.4 Å². The van der Waals surface area contributed by atoms with Crippen LogP contribution >= 0.6 is 0 Å². The van der Waals surface area contributed by atoms with Crippen LogP contribution in [0.2, 0.25) is 0 Å². The standard InChI is InChI=1S/C21H22O7/c1-4-27-21(24)15-7-9-18(19(12-15)26-3)28-13-16-11-14(6-10-20(22)23)5-8-17(16)25-2/h5-12H,4,13H2,1-3H3,(H,22,23). The van der Waals surface area contributed by atoms with Gasteiger partial charge in [-0.2, -0.15) is 0 Å². The number of carbonyl (C=O) groups is 2. The molecule has 0 bridgehead atoms. The Bertz CT molecular complexity index is 871. The highest BCUT2D eigenvalue weighted by molar-refractivity contribution is 5.90. The van der Waals surface area contributed by atoms with Gasteiger partial charge in [0.15, 0.2) is 11.5 Å². The van der Waals surface area contributed by atoms with Gasteiger partial charge in [-0.15, -0.1) is 0 Å². The van der Waals surface area contributed by atoms with Crippen molar-refractivity contribution in [3.05, 3.63) is 59.2 Å². The normalized spacial score (nSPS) is 10.5. The van der Waals surface area contributed by atoms with Crippen LogP contribution in [0.15, 0.2) is 42.5 Å². The monoisotopic (exact) mass is 386 g/mol. The van der Waals surface area contributed by atoms with E-state index in [4.69, 9.17) is 24.1 Å². The summed E-state index contributed by atoms with van der Waals surface area (Å²) in [5, 5.41) is 8.77. The van der Waals surface area contributed by atoms with E-state index in [0.29, 0.717) is 28.4 Å². The highest BCUT2D eigenvalue weighted by atomic mass is 16.5. The Hall–Kier alpha value is -3.48. The van der Waals surface area contributed by atoms with Gasteiger partial charge in [0, 0.05) is 11.6 Å². The molecule has 0 spiro atoms. The van der Waals surface area contributed by atoms with Crippen molar-refractivity contribution in [2.45, 2.75) is 13.5 Å². The van der Waals surface area contributed by atoms with Crippen LogP contribution in [-0.4, -0.2) is 37.9 Å². The Kier molecular flexibility index (Phi) is 7.45. The molecule has 0 atom stereocenters. The molecule has 0 unspecified atom stereocenters. The molecule has 28 heavy (non-hydrogen) atoms. The molecule has 0 amide bonds. The van der Waals surface area contributed by atoms with Gasteiger partial charge in [0.2, 0.25) is 0 Å². The number of methoxy groups -OCH3 is 2. The molecule has 0 heterocycles. The number of hydrogen-bond acceptors (Lipinski definition) is 6. The number of carbonyl (C=O) groups excluding carboxylic acids is 1. The van der Waals surface area contributed by atoms with Crippen LogP contribution in [0.1, 0.15) is 28.4 Å². The van der Waals surface area contributed by atoms with Gasteiger partial charge < -0.3 is 24.1 Å². The van der Waals surface area contributed by atoms with Crippen LogP contribution in [0.3, 0.4) is 0 Å². The highest BCUT2D eigenvalue weighted by Crippen LogP contribution is 2.30. The van der Waals surface area contributed by atoms with E-state index >= 15 is 0 Å². The molecule has 0 aromatic heterocycles. The van der Waals surface area contributed by atoms with Gasteiger partial charge in [-0.25, -0.2) is 9.59 Å². The lowest BCUT2D eigenvalue weighted by atomic mass is 10.1.